The maximum Gasteiger partial charge on any atom is 0.338 e. The van der Waals surface area contributed by atoms with Gasteiger partial charge in [0.1, 0.15) is 0 Å². The Kier molecular flexibility index (Phi) is 6.52. The zero-order valence-electron chi connectivity index (χ0n) is 14.5. The van der Waals surface area contributed by atoms with E-state index in [9.17, 15) is 14.4 Å². The van der Waals surface area contributed by atoms with E-state index >= 15 is 0 Å². The summed E-state index contributed by atoms with van der Waals surface area (Å²) in [5, 5.41) is 5.32. The summed E-state index contributed by atoms with van der Waals surface area (Å²) in [6, 6.07) is 13.4. The molecule has 0 aromatic heterocycles. The van der Waals surface area contributed by atoms with Gasteiger partial charge in [-0.15, -0.1) is 0 Å². The summed E-state index contributed by atoms with van der Waals surface area (Å²) in [7, 11) is 1.26. The molecule has 0 aliphatic rings. The van der Waals surface area contributed by atoms with E-state index in [4.69, 9.17) is 0 Å². The second-order valence-corrected chi connectivity index (χ2v) is 5.28. The summed E-state index contributed by atoms with van der Waals surface area (Å²) in [5.41, 5.74) is 1.88. The molecule has 2 amide bonds. The van der Waals surface area contributed by atoms with Crippen molar-refractivity contribution in [3.63, 3.8) is 0 Å². The number of amides is 2. The molecular formula is C20H18N2O4. The lowest BCUT2D eigenvalue weighted by Crippen LogP contribution is -2.25. The molecule has 0 aliphatic carbocycles. The van der Waals surface area contributed by atoms with E-state index in [1.54, 1.807) is 42.5 Å². The average molecular weight is 350 g/mol. The fraction of sp³-hybridized carbons (Fsp3) is 0.150. The summed E-state index contributed by atoms with van der Waals surface area (Å²) in [6.45, 7) is 1.57. The molecule has 0 saturated carbocycles. The maximum atomic E-state index is 12.2. The molecule has 6 heteroatoms. The number of benzene rings is 2. The second kappa shape index (κ2) is 9.04. The van der Waals surface area contributed by atoms with Crippen molar-refractivity contribution < 1.29 is 19.1 Å². The quantitative estimate of drug-likeness (QED) is 0.654. The fourth-order valence-electron chi connectivity index (χ4n) is 2.18. The Morgan fingerprint density at radius 3 is 2.27 bits per heavy atom. The van der Waals surface area contributed by atoms with Crippen molar-refractivity contribution in [2.75, 3.05) is 19.0 Å². The third-order valence-corrected chi connectivity index (χ3v) is 3.35. The predicted molar refractivity (Wildman–Crippen MR) is 97.7 cm³/mol. The average Bonchev–Trinajstić information content (AvgIpc) is 2.65. The first-order valence-electron chi connectivity index (χ1n) is 7.83. The van der Waals surface area contributed by atoms with Crippen LogP contribution in [0.3, 0.4) is 0 Å². The first-order valence-corrected chi connectivity index (χ1v) is 7.83. The van der Waals surface area contributed by atoms with Crippen molar-refractivity contribution in [3.8, 4) is 11.8 Å². The number of esters is 1. The minimum atomic E-state index is -0.568. The van der Waals surface area contributed by atoms with Crippen LogP contribution in [0, 0.1) is 11.8 Å². The molecule has 2 aromatic carbocycles. The van der Waals surface area contributed by atoms with Gasteiger partial charge < -0.3 is 15.4 Å². The molecule has 0 atom stereocenters. The van der Waals surface area contributed by atoms with Gasteiger partial charge in [-0.1, -0.05) is 24.0 Å². The number of nitrogens with one attached hydrogen (secondary N) is 2. The molecular weight excluding hydrogens is 332 g/mol. The van der Waals surface area contributed by atoms with Gasteiger partial charge >= 0.3 is 5.97 Å². The molecule has 0 spiro atoms. The standard InChI is InChI=1S/C20H18N2O4/c1-14(23)22-16-11-9-15(10-12-16)6-5-13-21-19(24)17-7-3-4-8-18(17)20(25)26-2/h3-4,7-12H,13H2,1-2H3,(H,21,24)(H,22,23). The lowest BCUT2D eigenvalue weighted by Gasteiger charge is -2.06. The van der Waals surface area contributed by atoms with Gasteiger partial charge in [-0.05, 0) is 36.4 Å². The van der Waals surface area contributed by atoms with E-state index in [2.05, 4.69) is 27.2 Å². The van der Waals surface area contributed by atoms with Gasteiger partial charge in [0, 0.05) is 18.2 Å². The number of carbonyl (C=O) groups is 3. The van der Waals surface area contributed by atoms with Crippen LogP contribution in [0.2, 0.25) is 0 Å². The Labute approximate surface area is 151 Å². The monoisotopic (exact) mass is 350 g/mol. The van der Waals surface area contributed by atoms with Gasteiger partial charge in [0.2, 0.25) is 5.91 Å². The van der Waals surface area contributed by atoms with E-state index in [0.717, 1.165) is 5.56 Å². The largest absolute Gasteiger partial charge is 0.465 e. The number of hydrogen-bond donors (Lipinski definition) is 2. The van der Waals surface area contributed by atoms with Gasteiger partial charge in [0.15, 0.2) is 0 Å². The zero-order valence-corrected chi connectivity index (χ0v) is 14.5. The van der Waals surface area contributed by atoms with Gasteiger partial charge in [-0.3, -0.25) is 9.59 Å². The van der Waals surface area contributed by atoms with Gasteiger partial charge in [-0.25, -0.2) is 4.79 Å². The van der Waals surface area contributed by atoms with E-state index in [-0.39, 0.29) is 23.6 Å². The Balaban J connectivity index is 1.96. The minimum absolute atomic E-state index is 0.127. The van der Waals surface area contributed by atoms with Crippen molar-refractivity contribution in [1.29, 1.82) is 0 Å². The Morgan fingerprint density at radius 1 is 1.00 bits per heavy atom. The minimum Gasteiger partial charge on any atom is -0.465 e. The molecule has 0 bridgehead atoms. The number of rotatable bonds is 4. The molecule has 26 heavy (non-hydrogen) atoms. The summed E-state index contributed by atoms with van der Waals surface area (Å²) in [6.07, 6.45) is 0. The Bertz CT molecular complexity index is 877. The normalized spacial score (nSPS) is 9.46. The molecule has 0 heterocycles. The van der Waals surface area contributed by atoms with Crippen LogP contribution in [0.4, 0.5) is 5.69 Å². The lowest BCUT2D eigenvalue weighted by molar-refractivity contribution is -0.114. The van der Waals surface area contributed by atoms with E-state index < -0.39 is 11.9 Å². The van der Waals surface area contributed by atoms with Gasteiger partial charge in [0.25, 0.3) is 5.91 Å². The molecule has 0 aliphatic heterocycles. The SMILES string of the molecule is COC(=O)c1ccccc1C(=O)NCC#Cc1ccc(NC(C)=O)cc1. The van der Waals surface area contributed by atoms with Crippen LogP contribution in [-0.2, 0) is 9.53 Å². The van der Waals surface area contributed by atoms with Crippen molar-refractivity contribution in [1.82, 2.24) is 5.32 Å². The number of anilines is 1. The van der Waals surface area contributed by atoms with Crippen LogP contribution in [0.5, 0.6) is 0 Å². The van der Waals surface area contributed by atoms with E-state index in [0.29, 0.717) is 5.69 Å². The number of carbonyl (C=O) groups excluding carboxylic acids is 3. The molecule has 132 valence electrons. The third kappa shape index (κ3) is 5.21. The number of hydrogen-bond acceptors (Lipinski definition) is 4. The highest BCUT2D eigenvalue weighted by molar-refractivity contribution is 6.05. The summed E-state index contributed by atoms with van der Waals surface area (Å²) >= 11 is 0. The lowest BCUT2D eigenvalue weighted by atomic mass is 10.1. The number of methoxy groups -OCH3 is 1. The van der Waals surface area contributed by atoms with Crippen molar-refractivity contribution in [3.05, 3.63) is 65.2 Å². The van der Waals surface area contributed by atoms with Crippen LogP contribution < -0.4 is 10.6 Å². The predicted octanol–water partition coefficient (Wildman–Crippen LogP) is 2.21. The van der Waals surface area contributed by atoms with Crippen LogP contribution in [0.15, 0.2) is 48.5 Å². The second-order valence-electron chi connectivity index (χ2n) is 5.28. The highest BCUT2D eigenvalue weighted by atomic mass is 16.5. The fourth-order valence-corrected chi connectivity index (χ4v) is 2.18. The topological polar surface area (TPSA) is 84.5 Å². The highest BCUT2D eigenvalue weighted by Crippen LogP contribution is 2.10. The van der Waals surface area contributed by atoms with Crippen molar-refractivity contribution in [2.45, 2.75) is 6.92 Å². The van der Waals surface area contributed by atoms with Gasteiger partial charge in [-0.2, -0.15) is 0 Å². The molecule has 0 unspecified atom stereocenters. The maximum absolute atomic E-state index is 12.2. The molecule has 0 radical (unpaired) electrons. The van der Waals surface area contributed by atoms with E-state index in [1.807, 2.05) is 0 Å². The summed E-state index contributed by atoms with van der Waals surface area (Å²) in [5.74, 6) is 4.64. The Hall–Kier alpha value is -3.59. The molecule has 2 rings (SSSR count). The first kappa shape index (κ1) is 18.7. The van der Waals surface area contributed by atoms with Crippen LogP contribution in [0.1, 0.15) is 33.2 Å². The zero-order chi connectivity index (χ0) is 18.9. The molecule has 6 nitrogen and oxygen atoms in total. The van der Waals surface area contributed by atoms with Crippen LogP contribution in [0.25, 0.3) is 0 Å². The molecule has 2 N–H and O–H groups in total. The number of ether oxygens (including phenoxy) is 1. The van der Waals surface area contributed by atoms with Crippen LogP contribution in [-0.4, -0.2) is 31.4 Å². The van der Waals surface area contributed by atoms with Crippen LogP contribution >= 0.6 is 0 Å². The molecule has 0 saturated heterocycles. The molecule has 0 fully saturated rings. The summed E-state index contributed by atoms with van der Waals surface area (Å²) in [4.78, 5) is 34.9. The van der Waals surface area contributed by atoms with Crippen molar-refractivity contribution in [2.24, 2.45) is 0 Å². The molecule has 2 aromatic rings. The van der Waals surface area contributed by atoms with Gasteiger partial charge in [0.05, 0.1) is 24.8 Å². The smallest absolute Gasteiger partial charge is 0.338 e. The van der Waals surface area contributed by atoms with E-state index in [1.165, 1.54) is 20.1 Å². The third-order valence-electron chi connectivity index (χ3n) is 3.35. The first-order chi connectivity index (χ1) is 12.5. The Morgan fingerprint density at radius 2 is 1.65 bits per heavy atom. The highest BCUT2D eigenvalue weighted by Gasteiger charge is 2.16. The van der Waals surface area contributed by atoms with Crippen molar-refractivity contribution >= 4 is 23.5 Å². The summed E-state index contributed by atoms with van der Waals surface area (Å²) < 4.78 is 4.67.